The molecule has 0 saturated heterocycles. The fourth-order valence-electron chi connectivity index (χ4n) is 2.45. The molecule has 5 nitrogen and oxygen atoms in total. The van der Waals surface area contributed by atoms with Crippen LogP contribution in [0.3, 0.4) is 0 Å². The Morgan fingerprint density at radius 1 is 1.38 bits per heavy atom. The molecule has 21 heavy (non-hydrogen) atoms. The van der Waals surface area contributed by atoms with E-state index in [1.54, 1.807) is 11.5 Å². The van der Waals surface area contributed by atoms with Crippen LogP contribution in [0.15, 0.2) is 29.1 Å². The minimum absolute atomic E-state index is 0.0673. The summed E-state index contributed by atoms with van der Waals surface area (Å²) in [6, 6.07) is 7.56. The van der Waals surface area contributed by atoms with Crippen molar-refractivity contribution in [3.63, 3.8) is 0 Å². The first-order valence-electron chi connectivity index (χ1n) is 7.33. The molecule has 0 amide bonds. The fraction of sp³-hybridized carbons (Fsp3) is 0.438. The lowest BCUT2D eigenvalue weighted by atomic mass is 10.2. The highest BCUT2D eigenvalue weighted by molar-refractivity contribution is 5.76. The number of fused-ring (bicyclic) bond motifs is 1. The summed E-state index contributed by atoms with van der Waals surface area (Å²) in [6.45, 7) is 2.76. The Bertz CT molecular complexity index is 732. The number of esters is 1. The van der Waals surface area contributed by atoms with E-state index in [2.05, 4.69) is 4.98 Å². The molecule has 1 fully saturated rings. The standard InChI is InChI=1S/C16H18N2O3/c1-2-21-15(19)9-13-16(20)18(10-11-7-8-11)14-6-4-3-5-12(14)17-13/h3-6,11H,2,7-10H2,1H3. The van der Waals surface area contributed by atoms with Gasteiger partial charge in [0, 0.05) is 6.54 Å². The zero-order valence-electron chi connectivity index (χ0n) is 12.0. The molecule has 0 atom stereocenters. The van der Waals surface area contributed by atoms with Crippen molar-refractivity contribution in [1.82, 2.24) is 9.55 Å². The third kappa shape index (κ3) is 2.96. The average molecular weight is 286 g/mol. The highest BCUT2D eigenvalue weighted by Crippen LogP contribution is 2.30. The molecule has 1 saturated carbocycles. The van der Waals surface area contributed by atoms with Gasteiger partial charge in [-0.1, -0.05) is 12.1 Å². The lowest BCUT2D eigenvalue weighted by Gasteiger charge is -2.11. The van der Waals surface area contributed by atoms with Crippen LogP contribution in [0.25, 0.3) is 11.0 Å². The first-order valence-corrected chi connectivity index (χ1v) is 7.33. The van der Waals surface area contributed by atoms with E-state index in [0.717, 1.165) is 23.9 Å². The summed E-state index contributed by atoms with van der Waals surface area (Å²) in [5, 5.41) is 0. The van der Waals surface area contributed by atoms with Gasteiger partial charge in [0.05, 0.1) is 24.1 Å². The molecular weight excluding hydrogens is 268 g/mol. The van der Waals surface area contributed by atoms with Gasteiger partial charge in [-0.25, -0.2) is 4.98 Å². The summed E-state index contributed by atoms with van der Waals surface area (Å²) in [6.07, 6.45) is 2.26. The van der Waals surface area contributed by atoms with E-state index in [1.165, 1.54) is 0 Å². The normalized spacial score (nSPS) is 14.3. The van der Waals surface area contributed by atoms with Crippen LogP contribution < -0.4 is 5.56 Å². The van der Waals surface area contributed by atoms with Crippen molar-refractivity contribution in [3.8, 4) is 0 Å². The zero-order valence-corrected chi connectivity index (χ0v) is 12.0. The van der Waals surface area contributed by atoms with Crippen LogP contribution in [0.4, 0.5) is 0 Å². The molecule has 1 aromatic heterocycles. The van der Waals surface area contributed by atoms with E-state index in [9.17, 15) is 9.59 Å². The third-order valence-electron chi connectivity index (χ3n) is 3.67. The molecule has 1 aromatic carbocycles. The summed E-state index contributed by atoms with van der Waals surface area (Å²) in [4.78, 5) is 28.6. The molecule has 0 unspecified atom stereocenters. The summed E-state index contributed by atoms with van der Waals surface area (Å²) in [5.74, 6) is 0.166. The van der Waals surface area contributed by atoms with Crippen LogP contribution in [-0.4, -0.2) is 22.1 Å². The Labute approximate surface area is 122 Å². The fourth-order valence-corrected chi connectivity index (χ4v) is 2.45. The van der Waals surface area contributed by atoms with Crippen LogP contribution >= 0.6 is 0 Å². The molecule has 5 heteroatoms. The Balaban J connectivity index is 2.05. The molecule has 2 aromatic rings. The number of nitrogens with zero attached hydrogens (tertiary/aromatic N) is 2. The molecule has 3 rings (SSSR count). The molecule has 0 bridgehead atoms. The zero-order chi connectivity index (χ0) is 14.8. The third-order valence-corrected chi connectivity index (χ3v) is 3.67. The van der Waals surface area contributed by atoms with Crippen molar-refractivity contribution in [3.05, 3.63) is 40.3 Å². The van der Waals surface area contributed by atoms with E-state index in [1.807, 2.05) is 24.3 Å². The van der Waals surface area contributed by atoms with E-state index < -0.39 is 5.97 Å². The van der Waals surface area contributed by atoms with Gasteiger partial charge >= 0.3 is 5.97 Å². The molecule has 110 valence electrons. The minimum Gasteiger partial charge on any atom is -0.466 e. The van der Waals surface area contributed by atoms with Crippen molar-refractivity contribution in [2.75, 3.05) is 6.61 Å². The quantitative estimate of drug-likeness (QED) is 0.788. The molecule has 1 aliphatic carbocycles. The number of hydrogen-bond acceptors (Lipinski definition) is 4. The molecular formula is C16H18N2O3. The maximum absolute atomic E-state index is 12.6. The average Bonchev–Trinajstić information content (AvgIpc) is 3.28. The van der Waals surface area contributed by atoms with Crippen molar-refractivity contribution >= 4 is 17.0 Å². The molecule has 0 spiro atoms. The van der Waals surface area contributed by atoms with Crippen molar-refractivity contribution < 1.29 is 9.53 Å². The lowest BCUT2D eigenvalue weighted by Crippen LogP contribution is -2.28. The monoisotopic (exact) mass is 286 g/mol. The summed E-state index contributed by atoms with van der Waals surface area (Å²) in [7, 11) is 0. The predicted molar refractivity (Wildman–Crippen MR) is 79.1 cm³/mol. The van der Waals surface area contributed by atoms with Gasteiger partial charge in [0.2, 0.25) is 0 Å². The SMILES string of the molecule is CCOC(=O)Cc1nc2ccccc2n(CC2CC2)c1=O. The van der Waals surface area contributed by atoms with Gasteiger partial charge in [0.15, 0.2) is 0 Å². The van der Waals surface area contributed by atoms with Crippen LogP contribution in [0.5, 0.6) is 0 Å². The van der Waals surface area contributed by atoms with Crippen molar-refractivity contribution in [2.45, 2.75) is 32.7 Å². The van der Waals surface area contributed by atoms with Gasteiger partial charge in [-0.3, -0.25) is 9.59 Å². The number of rotatable bonds is 5. The first-order chi connectivity index (χ1) is 10.2. The molecule has 0 N–H and O–H groups in total. The second-order valence-electron chi connectivity index (χ2n) is 5.39. The first kappa shape index (κ1) is 13.8. The van der Waals surface area contributed by atoms with E-state index in [-0.39, 0.29) is 17.7 Å². The maximum atomic E-state index is 12.6. The van der Waals surface area contributed by atoms with E-state index in [0.29, 0.717) is 19.1 Å². The van der Waals surface area contributed by atoms with Gasteiger partial charge in [0.25, 0.3) is 5.56 Å². The number of benzene rings is 1. The Morgan fingerprint density at radius 3 is 2.86 bits per heavy atom. The van der Waals surface area contributed by atoms with Gasteiger partial charge in [0.1, 0.15) is 5.69 Å². The van der Waals surface area contributed by atoms with Gasteiger partial charge in [-0.15, -0.1) is 0 Å². The molecule has 1 heterocycles. The van der Waals surface area contributed by atoms with Crippen LogP contribution in [0.1, 0.15) is 25.5 Å². The topological polar surface area (TPSA) is 61.2 Å². The van der Waals surface area contributed by atoms with Crippen molar-refractivity contribution in [2.24, 2.45) is 5.92 Å². The Morgan fingerprint density at radius 2 is 2.14 bits per heavy atom. The van der Waals surface area contributed by atoms with Crippen LogP contribution in [-0.2, 0) is 22.5 Å². The molecule has 0 radical (unpaired) electrons. The smallest absolute Gasteiger partial charge is 0.312 e. The second kappa shape index (κ2) is 5.68. The van der Waals surface area contributed by atoms with Crippen LogP contribution in [0.2, 0.25) is 0 Å². The van der Waals surface area contributed by atoms with Gasteiger partial charge < -0.3 is 9.30 Å². The predicted octanol–water partition coefficient (Wildman–Crippen LogP) is 1.91. The Kier molecular flexibility index (Phi) is 3.73. The highest BCUT2D eigenvalue weighted by Gasteiger charge is 2.24. The van der Waals surface area contributed by atoms with Gasteiger partial charge in [-0.2, -0.15) is 0 Å². The molecule has 1 aliphatic rings. The number of ether oxygens (including phenoxy) is 1. The highest BCUT2D eigenvalue weighted by atomic mass is 16.5. The molecule has 0 aliphatic heterocycles. The Hall–Kier alpha value is -2.17. The van der Waals surface area contributed by atoms with E-state index >= 15 is 0 Å². The summed E-state index contributed by atoms with van der Waals surface area (Å²) in [5.41, 5.74) is 1.68. The minimum atomic E-state index is -0.407. The van der Waals surface area contributed by atoms with Crippen molar-refractivity contribution in [1.29, 1.82) is 0 Å². The second-order valence-corrected chi connectivity index (χ2v) is 5.39. The number of hydrogen-bond donors (Lipinski definition) is 0. The summed E-state index contributed by atoms with van der Waals surface area (Å²) < 4.78 is 6.68. The lowest BCUT2D eigenvalue weighted by molar-refractivity contribution is -0.142. The number of aromatic nitrogens is 2. The van der Waals surface area contributed by atoms with E-state index in [4.69, 9.17) is 4.74 Å². The van der Waals surface area contributed by atoms with Crippen LogP contribution in [0, 0.1) is 5.92 Å². The van der Waals surface area contributed by atoms with Gasteiger partial charge in [-0.05, 0) is 37.8 Å². The number of carbonyl (C=O) groups excluding carboxylic acids is 1. The maximum Gasteiger partial charge on any atom is 0.312 e. The number of carbonyl (C=O) groups is 1. The number of para-hydroxylation sites is 2. The summed E-state index contributed by atoms with van der Waals surface area (Å²) >= 11 is 0. The largest absolute Gasteiger partial charge is 0.466 e.